The van der Waals surface area contributed by atoms with Gasteiger partial charge < -0.3 is 10.6 Å². The van der Waals surface area contributed by atoms with Crippen LogP contribution in [-0.4, -0.2) is 17.4 Å². The zero-order valence-electron chi connectivity index (χ0n) is 15.3. The molecule has 4 nitrogen and oxygen atoms in total. The molecule has 0 aliphatic heterocycles. The van der Waals surface area contributed by atoms with Gasteiger partial charge in [0.25, 0.3) is 0 Å². The minimum atomic E-state index is -0.196. The first kappa shape index (κ1) is 18.5. The van der Waals surface area contributed by atoms with E-state index in [-0.39, 0.29) is 29.2 Å². The normalized spacial score (nSPS) is 21.2. The summed E-state index contributed by atoms with van der Waals surface area (Å²) in [6, 6.07) is 8.10. The SMILES string of the molecule is Cc1ccccc1CNC(=O)C1CCC(C(=O)NC(C)(C)C)CC1. The van der Waals surface area contributed by atoms with Gasteiger partial charge in [-0.2, -0.15) is 0 Å². The minimum absolute atomic E-state index is 0.0349. The fraction of sp³-hybridized carbons (Fsp3) is 0.600. The van der Waals surface area contributed by atoms with Gasteiger partial charge >= 0.3 is 0 Å². The highest BCUT2D eigenvalue weighted by molar-refractivity contribution is 5.81. The van der Waals surface area contributed by atoms with Gasteiger partial charge in [0.15, 0.2) is 0 Å². The van der Waals surface area contributed by atoms with E-state index < -0.39 is 0 Å². The van der Waals surface area contributed by atoms with Gasteiger partial charge in [-0.15, -0.1) is 0 Å². The molecule has 0 aromatic heterocycles. The van der Waals surface area contributed by atoms with Gasteiger partial charge in [0.2, 0.25) is 11.8 Å². The summed E-state index contributed by atoms with van der Waals surface area (Å²) in [7, 11) is 0. The second-order valence-corrected chi connectivity index (χ2v) is 7.93. The fourth-order valence-corrected chi connectivity index (χ4v) is 3.22. The Labute approximate surface area is 145 Å². The number of benzene rings is 1. The number of rotatable bonds is 4. The predicted molar refractivity (Wildman–Crippen MR) is 96.4 cm³/mol. The molecule has 0 bridgehead atoms. The van der Waals surface area contributed by atoms with E-state index in [1.165, 1.54) is 5.56 Å². The van der Waals surface area contributed by atoms with Gasteiger partial charge in [-0.05, 0) is 64.5 Å². The van der Waals surface area contributed by atoms with Gasteiger partial charge in [0.1, 0.15) is 0 Å². The van der Waals surface area contributed by atoms with Crippen molar-refractivity contribution in [3.8, 4) is 0 Å². The highest BCUT2D eigenvalue weighted by Crippen LogP contribution is 2.29. The molecule has 24 heavy (non-hydrogen) atoms. The Morgan fingerprint density at radius 1 is 1.00 bits per heavy atom. The fourth-order valence-electron chi connectivity index (χ4n) is 3.22. The van der Waals surface area contributed by atoms with E-state index in [1.807, 2.05) is 39.0 Å². The first-order valence-corrected chi connectivity index (χ1v) is 8.90. The summed E-state index contributed by atoms with van der Waals surface area (Å²) in [5.41, 5.74) is 2.16. The van der Waals surface area contributed by atoms with Crippen molar-refractivity contribution < 1.29 is 9.59 Å². The van der Waals surface area contributed by atoms with E-state index in [9.17, 15) is 9.59 Å². The van der Waals surface area contributed by atoms with Crippen molar-refractivity contribution in [1.82, 2.24) is 10.6 Å². The van der Waals surface area contributed by atoms with Gasteiger partial charge in [-0.25, -0.2) is 0 Å². The van der Waals surface area contributed by atoms with Crippen LogP contribution < -0.4 is 10.6 Å². The Morgan fingerprint density at radius 2 is 1.54 bits per heavy atom. The molecule has 1 aliphatic rings. The molecular formula is C20H30N2O2. The largest absolute Gasteiger partial charge is 0.352 e. The molecule has 1 saturated carbocycles. The molecule has 0 unspecified atom stereocenters. The van der Waals surface area contributed by atoms with Crippen molar-refractivity contribution in [3.05, 3.63) is 35.4 Å². The van der Waals surface area contributed by atoms with E-state index in [2.05, 4.69) is 23.6 Å². The maximum atomic E-state index is 12.4. The van der Waals surface area contributed by atoms with E-state index >= 15 is 0 Å². The smallest absolute Gasteiger partial charge is 0.223 e. The first-order valence-electron chi connectivity index (χ1n) is 8.90. The molecule has 0 atom stereocenters. The summed E-state index contributed by atoms with van der Waals surface area (Å²) in [5, 5.41) is 6.10. The predicted octanol–water partition coefficient (Wildman–Crippen LogP) is 3.33. The Bertz CT molecular complexity index is 582. The van der Waals surface area contributed by atoms with Crippen LogP contribution in [0.5, 0.6) is 0 Å². The summed E-state index contributed by atoms with van der Waals surface area (Å²) in [6.07, 6.45) is 3.18. The third-order valence-corrected chi connectivity index (χ3v) is 4.68. The summed E-state index contributed by atoms with van der Waals surface area (Å²) < 4.78 is 0. The van der Waals surface area contributed by atoms with Gasteiger partial charge in [-0.1, -0.05) is 24.3 Å². The Kier molecular flexibility index (Phi) is 6.03. The molecule has 0 radical (unpaired) electrons. The van der Waals surface area contributed by atoms with E-state index in [4.69, 9.17) is 0 Å². The molecule has 2 N–H and O–H groups in total. The van der Waals surface area contributed by atoms with Crippen LogP contribution in [-0.2, 0) is 16.1 Å². The quantitative estimate of drug-likeness (QED) is 0.889. The van der Waals surface area contributed by atoms with Crippen molar-refractivity contribution >= 4 is 11.8 Å². The second kappa shape index (κ2) is 7.82. The molecule has 0 saturated heterocycles. The van der Waals surface area contributed by atoms with E-state index in [1.54, 1.807) is 0 Å². The first-order chi connectivity index (χ1) is 11.3. The molecule has 1 aromatic rings. The van der Waals surface area contributed by atoms with Gasteiger partial charge in [0, 0.05) is 23.9 Å². The van der Waals surface area contributed by atoms with Crippen molar-refractivity contribution in [1.29, 1.82) is 0 Å². The lowest BCUT2D eigenvalue weighted by Gasteiger charge is -2.30. The molecule has 1 aromatic carbocycles. The van der Waals surface area contributed by atoms with Crippen LogP contribution in [0.4, 0.5) is 0 Å². The minimum Gasteiger partial charge on any atom is -0.352 e. The Balaban J connectivity index is 1.78. The highest BCUT2D eigenvalue weighted by Gasteiger charge is 2.31. The third-order valence-electron chi connectivity index (χ3n) is 4.68. The number of nitrogens with one attached hydrogen (secondary N) is 2. The third kappa shape index (κ3) is 5.36. The van der Waals surface area contributed by atoms with Crippen molar-refractivity contribution in [3.63, 3.8) is 0 Å². The van der Waals surface area contributed by atoms with Gasteiger partial charge in [-0.3, -0.25) is 9.59 Å². The standard InChI is InChI=1S/C20H30N2O2/c1-14-7-5-6-8-17(14)13-21-18(23)15-9-11-16(12-10-15)19(24)22-20(2,3)4/h5-8,15-16H,9-13H2,1-4H3,(H,21,23)(H,22,24). The van der Waals surface area contributed by atoms with Crippen molar-refractivity contribution in [2.45, 2.75) is 65.5 Å². The number of carbonyl (C=O) groups is 2. The lowest BCUT2D eigenvalue weighted by Crippen LogP contribution is -2.45. The monoisotopic (exact) mass is 330 g/mol. The van der Waals surface area contributed by atoms with Crippen LogP contribution in [0, 0.1) is 18.8 Å². The van der Waals surface area contributed by atoms with E-state index in [0.717, 1.165) is 31.2 Å². The van der Waals surface area contributed by atoms with Crippen molar-refractivity contribution in [2.24, 2.45) is 11.8 Å². The molecule has 132 valence electrons. The molecule has 0 spiro atoms. The average molecular weight is 330 g/mol. The van der Waals surface area contributed by atoms with Crippen molar-refractivity contribution in [2.75, 3.05) is 0 Å². The van der Waals surface area contributed by atoms with Crippen LogP contribution in [0.1, 0.15) is 57.6 Å². The molecular weight excluding hydrogens is 300 g/mol. The summed E-state index contributed by atoms with van der Waals surface area (Å²) in [4.78, 5) is 24.6. The molecule has 4 heteroatoms. The van der Waals surface area contributed by atoms with Gasteiger partial charge in [0.05, 0.1) is 0 Å². The molecule has 1 fully saturated rings. The number of aryl methyl sites for hydroxylation is 1. The molecule has 1 aliphatic carbocycles. The zero-order chi connectivity index (χ0) is 17.7. The Hall–Kier alpha value is -1.84. The van der Waals surface area contributed by atoms with Crippen LogP contribution in [0.25, 0.3) is 0 Å². The average Bonchev–Trinajstić information content (AvgIpc) is 2.52. The summed E-state index contributed by atoms with van der Waals surface area (Å²) in [5.74, 6) is 0.326. The topological polar surface area (TPSA) is 58.2 Å². The molecule has 0 heterocycles. The lowest BCUT2D eigenvalue weighted by molar-refractivity contribution is -0.131. The number of hydrogen-bond acceptors (Lipinski definition) is 2. The lowest BCUT2D eigenvalue weighted by atomic mass is 9.81. The van der Waals surface area contributed by atoms with Crippen LogP contribution in [0.3, 0.4) is 0 Å². The molecule has 2 amide bonds. The maximum absolute atomic E-state index is 12.4. The second-order valence-electron chi connectivity index (χ2n) is 7.93. The molecule has 2 rings (SSSR count). The van der Waals surface area contributed by atoms with Crippen LogP contribution in [0.2, 0.25) is 0 Å². The van der Waals surface area contributed by atoms with Crippen LogP contribution in [0.15, 0.2) is 24.3 Å². The summed E-state index contributed by atoms with van der Waals surface area (Å²) in [6.45, 7) is 8.62. The van der Waals surface area contributed by atoms with E-state index in [0.29, 0.717) is 6.54 Å². The number of hydrogen-bond donors (Lipinski definition) is 2. The number of carbonyl (C=O) groups excluding carboxylic acids is 2. The Morgan fingerprint density at radius 3 is 2.08 bits per heavy atom. The summed E-state index contributed by atoms with van der Waals surface area (Å²) >= 11 is 0. The maximum Gasteiger partial charge on any atom is 0.223 e. The number of amides is 2. The zero-order valence-corrected chi connectivity index (χ0v) is 15.3. The highest BCUT2D eigenvalue weighted by atomic mass is 16.2. The van der Waals surface area contributed by atoms with Crippen LogP contribution >= 0.6 is 0 Å².